The molecule has 1 aromatic rings. The lowest BCUT2D eigenvalue weighted by molar-refractivity contribution is -0.137. The molecule has 0 saturated heterocycles. The van der Waals surface area contributed by atoms with Gasteiger partial charge in [0, 0.05) is 18.5 Å². The van der Waals surface area contributed by atoms with Gasteiger partial charge >= 0.3 is 5.97 Å². The van der Waals surface area contributed by atoms with Crippen LogP contribution in [0.3, 0.4) is 0 Å². The normalized spacial score (nSPS) is 12.9. The SMILES string of the molecule is CC(=O)c1ccc(S(=O)(=O)NCC(C)CC(=O)O)cc1. The molecule has 0 spiro atoms. The van der Waals surface area contributed by atoms with Gasteiger partial charge in [-0.15, -0.1) is 0 Å². The van der Waals surface area contributed by atoms with Gasteiger partial charge in [0.25, 0.3) is 0 Å². The van der Waals surface area contributed by atoms with Crippen molar-refractivity contribution in [3.8, 4) is 0 Å². The Morgan fingerprint density at radius 2 is 1.80 bits per heavy atom. The van der Waals surface area contributed by atoms with E-state index in [2.05, 4.69) is 4.72 Å². The van der Waals surface area contributed by atoms with Crippen LogP contribution in [0, 0.1) is 5.92 Å². The Morgan fingerprint density at radius 3 is 2.25 bits per heavy atom. The van der Waals surface area contributed by atoms with Gasteiger partial charge in [-0.05, 0) is 25.0 Å². The number of benzene rings is 1. The highest BCUT2D eigenvalue weighted by Crippen LogP contribution is 2.11. The number of carboxylic acids is 1. The number of hydrogen-bond acceptors (Lipinski definition) is 4. The predicted molar refractivity (Wildman–Crippen MR) is 73.1 cm³/mol. The summed E-state index contributed by atoms with van der Waals surface area (Å²) in [6.07, 6.45) is -0.105. The lowest BCUT2D eigenvalue weighted by Gasteiger charge is -2.11. The Kier molecular flexibility index (Phi) is 5.41. The summed E-state index contributed by atoms with van der Waals surface area (Å²) in [5, 5.41) is 8.60. The van der Waals surface area contributed by atoms with Crippen molar-refractivity contribution in [2.45, 2.75) is 25.2 Å². The smallest absolute Gasteiger partial charge is 0.303 e. The summed E-state index contributed by atoms with van der Waals surface area (Å²) >= 11 is 0. The molecule has 0 radical (unpaired) electrons. The van der Waals surface area contributed by atoms with Crippen molar-refractivity contribution >= 4 is 21.8 Å². The Hall–Kier alpha value is -1.73. The Bertz CT molecular complexity index is 592. The summed E-state index contributed by atoms with van der Waals surface area (Å²) in [4.78, 5) is 21.6. The monoisotopic (exact) mass is 299 g/mol. The van der Waals surface area contributed by atoms with Crippen molar-refractivity contribution in [2.75, 3.05) is 6.54 Å². The van der Waals surface area contributed by atoms with Crippen LogP contribution in [0.2, 0.25) is 0 Å². The number of sulfonamides is 1. The van der Waals surface area contributed by atoms with E-state index < -0.39 is 16.0 Å². The second-order valence-electron chi connectivity index (χ2n) is 4.64. The molecule has 2 N–H and O–H groups in total. The van der Waals surface area contributed by atoms with E-state index in [0.717, 1.165) is 0 Å². The molecule has 0 heterocycles. The summed E-state index contributed by atoms with van der Waals surface area (Å²) in [6, 6.07) is 5.58. The number of nitrogens with one attached hydrogen (secondary N) is 1. The molecule has 1 rings (SSSR count). The van der Waals surface area contributed by atoms with Crippen LogP contribution in [-0.4, -0.2) is 31.8 Å². The maximum atomic E-state index is 12.0. The van der Waals surface area contributed by atoms with Gasteiger partial charge in [0.05, 0.1) is 4.90 Å². The van der Waals surface area contributed by atoms with Crippen LogP contribution in [0.1, 0.15) is 30.6 Å². The number of carboxylic acid groups (broad SMARTS) is 1. The Morgan fingerprint density at radius 1 is 1.25 bits per heavy atom. The average Bonchev–Trinajstić information content (AvgIpc) is 2.36. The predicted octanol–water partition coefficient (Wildman–Crippen LogP) is 1.28. The number of hydrogen-bond donors (Lipinski definition) is 2. The molecule has 0 aromatic heterocycles. The molecule has 6 nitrogen and oxygen atoms in total. The average molecular weight is 299 g/mol. The zero-order valence-electron chi connectivity index (χ0n) is 11.3. The van der Waals surface area contributed by atoms with E-state index in [1.807, 2.05) is 0 Å². The fourth-order valence-corrected chi connectivity index (χ4v) is 2.74. The minimum atomic E-state index is -3.69. The molecule has 0 bridgehead atoms. The first kappa shape index (κ1) is 16.3. The molecule has 1 aromatic carbocycles. The number of carbonyl (C=O) groups is 2. The minimum absolute atomic E-state index is 0.0447. The first-order chi connectivity index (χ1) is 9.22. The van der Waals surface area contributed by atoms with Crippen molar-refractivity contribution in [1.82, 2.24) is 4.72 Å². The summed E-state index contributed by atoms with van der Waals surface area (Å²) in [5.41, 5.74) is 0.434. The molecule has 0 aliphatic carbocycles. The number of Topliss-reactive ketones (excluding diaryl/α,β-unsaturated/α-hetero) is 1. The lowest BCUT2D eigenvalue weighted by Crippen LogP contribution is -2.29. The van der Waals surface area contributed by atoms with E-state index in [1.54, 1.807) is 6.92 Å². The van der Waals surface area contributed by atoms with Gasteiger partial charge < -0.3 is 5.11 Å². The van der Waals surface area contributed by atoms with E-state index in [0.29, 0.717) is 5.56 Å². The van der Waals surface area contributed by atoms with Crippen molar-refractivity contribution in [3.63, 3.8) is 0 Å². The number of aliphatic carboxylic acids is 1. The summed E-state index contributed by atoms with van der Waals surface area (Å²) in [6.45, 7) is 3.09. The maximum absolute atomic E-state index is 12.0. The van der Waals surface area contributed by atoms with Gasteiger partial charge in [-0.25, -0.2) is 13.1 Å². The van der Waals surface area contributed by atoms with Crippen LogP contribution in [0.5, 0.6) is 0 Å². The van der Waals surface area contributed by atoms with Crippen molar-refractivity contribution < 1.29 is 23.1 Å². The Labute approximate surface area is 117 Å². The highest BCUT2D eigenvalue weighted by atomic mass is 32.2. The highest BCUT2D eigenvalue weighted by Gasteiger charge is 2.16. The molecular formula is C13H17NO5S. The minimum Gasteiger partial charge on any atom is -0.481 e. The zero-order chi connectivity index (χ0) is 15.3. The summed E-state index contributed by atoms with van der Waals surface area (Å²) < 4.78 is 26.3. The lowest BCUT2D eigenvalue weighted by atomic mass is 10.1. The van der Waals surface area contributed by atoms with Gasteiger partial charge in [-0.3, -0.25) is 9.59 Å². The molecule has 0 amide bonds. The molecule has 0 aliphatic heterocycles. The van der Waals surface area contributed by atoms with Crippen LogP contribution in [0.25, 0.3) is 0 Å². The van der Waals surface area contributed by atoms with Crippen LogP contribution in [-0.2, 0) is 14.8 Å². The number of carbonyl (C=O) groups excluding carboxylic acids is 1. The van der Waals surface area contributed by atoms with E-state index in [4.69, 9.17) is 5.11 Å². The molecular weight excluding hydrogens is 282 g/mol. The Balaban J connectivity index is 2.73. The molecule has 0 aliphatic rings. The van der Waals surface area contributed by atoms with Crippen LogP contribution in [0.15, 0.2) is 29.2 Å². The molecule has 20 heavy (non-hydrogen) atoms. The third-order valence-electron chi connectivity index (χ3n) is 2.72. The third-order valence-corrected chi connectivity index (χ3v) is 4.16. The molecule has 1 atom stereocenters. The second kappa shape index (κ2) is 6.62. The summed E-state index contributed by atoms with van der Waals surface area (Å²) in [7, 11) is -3.69. The van der Waals surface area contributed by atoms with Gasteiger partial charge in [0.15, 0.2) is 5.78 Å². The topological polar surface area (TPSA) is 101 Å². The maximum Gasteiger partial charge on any atom is 0.303 e. The fourth-order valence-electron chi connectivity index (χ4n) is 1.57. The number of rotatable bonds is 7. The number of ketones is 1. The van der Waals surface area contributed by atoms with Crippen LogP contribution >= 0.6 is 0 Å². The zero-order valence-corrected chi connectivity index (χ0v) is 12.1. The van der Waals surface area contributed by atoms with Crippen molar-refractivity contribution in [2.24, 2.45) is 5.92 Å². The van der Waals surface area contributed by atoms with Gasteiger partial charge in [0.2, 0.25) is 10.0 Å². The molecule has 7 heteroatoms. The van der Waals surface area contributed by atoms with E-state index in [-0.39, 0.29) is 29.6 Å². The van der Waals surface area contributed by atoms with Crippen molar-refractivity contribution in [3.05, 3.63) is 29.8 Å². The fraction of sp³-hybridized carbons (Fsp3) is 0.385. The van der Waals surface area contributed by atoms with Gasteiger partial charge in [-0.2, -0.15) is 0 Å². The van der Waals surface area contributed by atoms with Crippen molar-refractivity contribution in [1.29, 1.82) is 0 Å². The van der Waals surface area contributed by atoms with Crippen LogP contribution in [0.4, 0.5) is 0 Å². The van der Waals surface area contributed by atoms with Gasteiger partial charge in [0.1, 0.15) is 0 Å². The third kappa shape index (κ3) is 4.75. The van der Waals surface area contributed by atoms with E-state index in [9.17, 15) is 18.0 Å². The summed E-state index contributed by atoms with van der Waals surface area (Å²) in [5.74, 6) is -1.42. The molecule has 1 unspecified atom stereocenters. The van der Waals surface area contributed by atoms with Gasteiger partial charge in [-0.1, -0.05) is 19.1 Å². The van der Waals surface area contributed by atoms with E-state index in [1.165, 1.54) is 31.2 Å². The first-order valence-electron chi connectivity index (χ1n) is 6.05. The first-order valence-corrected chi connectivity index (χ1v) is 7.53. The molecule has 110 valence electrons. The van der Waals surface area contributed by atoms with Crippen LogP contribution < -0.4 is 4.72 Å². The molecule has 0 fully saturated rings. The molecule has 0 saturated carbocycles. The highest BCUT2D eigenvalue weighted by molar-refractivity contribution is 7.89. The largest absolute Gasteiger partial charge is 0.481 e. The quantitative estimate of drug-likeness (QED) is 0.739. The standard InChI is InChI=1S/C13H17NO5S/c1-9(7-13(16)17)8-14-20(18,19)12-5-3-11(4-6-12)10(2)15/h3-6,9,14H,7-8H2,1-2H3,(H,16,17). The second-order valence-corrected chi connectivity index (χ2v) is 6.40. The van der Waals surface area contributed by atoms with E-state index >= 15 is 0 Å².